The van der Waals surface area contributed by atoms with E-state index in [0.29, 0.717) is 12.3 Å². The number of carbonyl (C=O) groups is 1. The number of ketones is 1. The molecule has 30 heavy (non-hydrogen) atoms. The van der Waals surface area contributed by atoms with Gasteiger partial charge in [0, 0.05) is 6.42 Å². The summed E-state index contributed by atoms with van der Waals surface area (Å²) in [4.78, 5) is 15.5. The van der Waals surface area contributed by atoms with Crippen LogP contribution in [0.3, 0.4) is 0 Å². The molecule has 0 amide bonds. The van der Waals surface area contributed by atoms with E-state index in [0.717, 1.165) is 31.3 Å². The van der Waals surface area contributed by atoms with Gasteiger partial charge < -0.3 is 11.5 Å². The van der Waals surface area contributed by atoms with E-state index in [4.69, 9.17) is 11.5 Å². The number of rotatable bonds is 11. The Hall–Kier alpha value is -1.89. The lowest BCUT2D eigenvalue weighted by Crippen LogP contribution is -2.32. The highest BCUT2D eigenvalue weighted by atomic mass is 32.2. The Morgan fingerprint density at radius 2 is 1.87 bits per heavy atom. The second-order valence-electron chi connectivity index (χ2n) is 8.88. The predicted molar refractivity (Wildman–Crippen MR) is 126 cm³/mol. The first-order valence-electron chi connectivity index (χ1n) is 10.6. The van der Waals surface area contributed by atoms with Crippen LogP contribution in [0.15, 0.2) is 39.9 Å². The van der Waals surface area contributed by atoms with Gasteiger partial charge in [0.25, 0.3) is 0 Å². The molecule has 0 aromatic rings. The van der Waals surface area contributed by atoms with Crippen molar-refractivity contribution >= 4 is 21.6 Å². The monoisotopic (exact) mass is 437 g/mol. The number of guanidine groups is 1. The first-order chi connectivity index (χ1) is 13.9. The maximum atomic E-state index is 12.0. The van der Waals surface area contributed by atoms with Crippen molar-refractivity contribution in [3.8, 4) is 0 Å². The van der Waals surface area contributed by atoms with Gasteiger partial charge in [0.05, 0.1) is 18.1 Å². The molecule has 1 rings (SSSR count). The van der Waals surface area contributed by atoms with Crippen molar-refractivity contribution < 1.29 is 13.2 Å². The van der Waals surface area contributed by atoms with Crippen LogP contribution in [0.1, 0.15) is 66.7 Å². The van der Waals surface area contributed by atoms with Gasteiger partial charge in [-0.1, -0.05) is 42.7 Å². The van der Waals surface area contributed by atoms with Gasteiger partial charge in [0.1, 0.15) is 0 Å². The van der Waals surface area contributed by atoms with Gasteiger partial charge in [-0.2, -0.15) is 0 Å². The highest BCUT2D eigenvalue weighted by Gasteiger charge is 2.36. The summed E-state index contributed by atoms with van der Waals surface area (Å²) in [5.74, 6) is 0.477. The largest absolute Gasteiger partial charge is 0.370 e. The van der Waals surface area contributed by atoms with Gasteiger partial charge in [-0.25, -0.2) is 8.42 Å². The number of sulfone groups is 1. The van der Waals surface area contributed by atoms with Crippen LogP contribution in [-0.4, -0.2) is 38.2 Å². The molecule has 2 atom stereocenters. The number of aliphatic imine (C=N–C) groups is 1. The number of allylic oxidation sites excluding steroid dienone is 5. The van der Waals surface area contributed by atoms with Crippen LogP contribution in [0.25, 0.3) is 0 Å². The van der Waals surface area contributed by atoms with E-state index < -0.39 is 9.84 Å². The molecule has 0 aromatic carbocycles. The molecule has 6 nitrogen and oxygen atoms in total. The van der Waals surface area contributed by atoms with Gasteiger partial charge in [0.15, 0.2) is 21.6 Å². The first-order valence-corrected chi connectivity index (χ1v) is 12.5. The van der Waals surface area contributed by atoms with Crippen molar-refractivity contribution in [2.75, 3.05) is 18.1 Å². The molecule has 0 radical (unpaired) electrons. The van der Waals surface area contributed by atoms with E-state index in [1.54, 1.807) is 6.08 Å². The van der Waals surface area contributed by atoms with Gasteiger partial charge >= 0.3 is 0 Å². The summed E-state index contributed by atoms with van der Waals surface area (Å²) >= 11 is 0. The number of hydrogen-bond donors (Lipinski definition) is 2. The first kappa shape index (κ1) is 26.1. The Kier molecular flexibility index (Phi) is 10.0. The molecule has 4 N–H and O–H groups in total. The molecule has 0 fully saturated rings. The van der Waals surface area contributed by atoms with Gasteiger partial charge in [-0.3, -0.25) is 9.79 Å². The number of carbonyl (C=O) groups excluding carboxylic acids is 1. The molecule has 1 aliphatic carbocycles. The van der Waals surface area contributed by atoms with E-state index in [2.05, 4.69) is 38.8 Å². The van der Waals surface area contributed by atoms with Crippen molar-refractivity contribution in [3.63, 3.8) is 0 Å². The Morgan fingerprint density at radius 3 is 2.47 bits per heavy atom. The van der Waals surface area contributed by atoms with Crippen molar-refractivity contribution in [3.05, 3.63) is 34.9 Å². The summed E-state index contributed by atoms with van der Waals surface area (Å²) in [7, 11) is -3.20. The summed E-state index contributed by atoms with van der Waals surface area (Å²) < 4.78 is 24.0. The topological polar surface area (TPSA) is 116 Å². The quantitative estimate of drug-likeness (QED) is 0.290. The maximum Gasteiger partial charge on any atom is 0.185 e. The second kappa shape index (κ2) is 11.5. The lowest BCUT2D eigenvalue weighted by molar-refractivity contribution is -0.117. The smallest absolute Gasteiger partial charge is 0.185 e. The SMILES string of the molecule is CC(=CCS(=O)(=O)CCN=C(N)N)CCC=C(C)CCC1(C)C(C)=CC(=O)CC1C. The van der Waals surface area contributed by atoms with Crippen LogP contribution in [-0.2, 0) is 14.6 Å². The van der Waals surface area contributed by atoms with Crippen LogP contribution in [0.2, 0.25) is 0 Å². The highest BCUT2D eigenvalue weighted by Crippen LogP contribution is 2.44. The van der Waals surface area contributed by atoms with Crippen molar-refractivity contribution in [2.24, 2.45) is 27.8 Å². The number of nitrogens with zero attached hydrogens (tertiary/aromatic N) is 1. The van der Waals surface area contributed by atoms with Gasteiger partial charge in [-0.15, -0.1) is 0 Å². The summed E-state index contributed by atoms with van der Waals surface area (Å²) in [6.45, 7) is 10.7. The number of hydrogen-bond acceptors (Lipinski definition) is 4. The van der Waals surface area contributed by atoms with E-state index in [9.17, 15) is 13.2 Å². The summed E-state index contributed by atoms with van der Waals surface area (Å²) in [6.07, 6.45) is 10.2. The molecule has 0 bridgehead atoms. The third-order valence-corrected chi connectivity index (χ3v) is 7.81. The van der Waals surface area contributed by atoms with Gasteiger partial charge in [0.2, 0.25) is 0 Å². The lowest BCUT2D eigenvalue weighted by Gasteiger charge is -2.39. The molecular weight excluding hydrogens is 398 g/mol. The molecule has 0 saturated carbocycles. The summed E-state index contributed by atoms with van der Waals surface area (Å²) in [5, 5.41) is 0. The zero-order chi connectivity index (χ0) is 22.9. The molecule has 2 unspecified atom stereocenters. The third kappa shape index (κ3) is 8.86. The minimum Gasteiger partial charge on any atom is -0.370 e. The molecule has 7 heteroatoms. The average Bonchev–Trinajstić information content (AvgIpc) is 2.62. The van der Waals surface area contributed by atoms with E-state index >= 15 is 0 Å². The minimum absolute atomic E-state index is 0.0160. The van der Waals surface area contributed by atoms with Crippen LogP contribution in [0.4, 0.5) is 0 Å². The highest BCUT2D eigenvalue weighted by molar-refractivity contribution is 7.91. The zero-order valence-corrected chi connectivity index (χ0v) is 20.0. The fourth-order valence-electron chi connectivity index (χ4n) is 3.70. The van der Waals surface area contributed by atoms with Crippen LogP contribution in [0, 0.1) is 11.3 Å². The molecule has 170 valence electrons. The average molecular weight is 438 g/mol. The lowest BCUT2D eigenvalue weighted by atomic mass is 9.64. The van der Waals surface area contributed by atoms with Crippen LogP contribution < -0.4 is 11.5 Å². The Labute approximate surface area is 182 Å². The fraction of sp³-hybridized carbons (Fsp3) is 0.652. The van der Waals surface area contributed by atoms with Gasteiger partial charge in [-0.05, 0) is 63.9 Å². The number of nitrogens with two attached hydrogens (primary N) is 2. The Morgan fingerprint density at radius 1 is 1.23 bits per heavy atom. The van der Waals surface area contributed by atoms with E-state index in [1.165, 1.54) is 11.1 Å². The molecule has 0 spiro atoms. The molecule has 0 aromatic heterocycles. The van der Waals surface area contributed by atoms with E-state index in [1.807, 2.05) is 13.0 Å². The second-order valence-corrected chi connectivity index (χ2v) is 11.1. The van der Waals surface area contributed by atoms with Crippen LogP contribution in [0.5, 0.6) is 0 Å². The van der Waals surface area contributed by atoms with Crippen molar-refractivity contribution in [1.82, 2.24) is 0 Å². The maximum absolute atomic E-state index is 12.0. The third-order valence-electron chi connectivity index (χ3n) is 6.33. The predicted octanol–water partition coefficient (Wildman–Crippen LogP) is 3.69. The zero-order valence-electron chi connectivity index (χ0n) is 19.2. The Balaban J connectivity index is 2.49. The van der Waals surface area contributed by atoms with E-state index in [-0.39, 0.29) is 35.2 Å². The molecule has 0 aliphatic heterocycles. The molecule has 0 heterocycles. The minimum atomic E-state index is -3.20. The summed E-state index contributed by atoms with van der Waals surface area (Å²) in [6, 6.07) is 0. The normalized spacial score (nSPS) is 23.3. The van der Waals surface area contributed by atoms with Crippen molar-refractivity contribution in [2.45, 2.75) is 66.7 Å². The fourth-order valence-corrected chi connectivity index (χ4v) is 4.77. The molecular formula is C23H39N3O3S. The molecule has 1 aliphatic rings. The Bertz CT molecular complexity index is 834. The summed E-state index contributed by atoms with van der Waals surface area (Å²) in [5.41, 5.74) is 14.1. The van der Waals surface area contributed by atoms with Crippen molar-refractivity contribution in [1.29, 1.82) is 0 Å². The standard InChI is InChI=1S/C23H39N3O3S/c1-17(9-11-23(5)19(3)15-21(27)16-20(23)4)7-6-8-18(2)10-13-30(28,29)14-12-26-22(24)25/h7,10,15,20H,6,8-9,11-14,16H2,1-5H3,(H4,24,25,26). The van der Waals surface area contributed by atoms with Crippen LogP contribution >= 0.6 is 0 Å². The molecule has 0 saturated heterocycles.